The Bertz CT molecular complexity index is 821. The number of benzene rings is 1. The first-order valence-corrected chi connectivity index (χ1v) is 10.1. The molecule has 2 aliphatic rings. The molecular formula is C22H30N2O5. The Balaban J connectivity index is 1.84. The van der Waals surface area contributed by atoms with Gasteiger partial charge in [0.2, 0.25) is 5.91 Å². The minimum atomic E-state index is -0.856. The van der Waals surface area contributed by atoms with E-state index in [9.17, 15) is 19.5 Å². The largest absolute Gasteiger partial charge is 0.481 e. The Hall–Kier alpha value is -2.41. The Morgan fingerprint density at radius 1 is 1.21 bits per heavy atom. The van der Waals surface area contributed by atoms with Crippen LogP contribution in [0.25, 0.3) is 0 Å². The van der Waals surface area contributed by atoms with E-state index in [-0.39, 0.29) is 18.4 Å². The summed E-state index contributed by atoms with van der Waals surface area (Å²) < 4.78 is 5.43. The lowest BCUT2D eigenvalue weighted by atomic mass is 9.72. The Kier molecular flexibility index (Phi) is 5.72. The van der Waals surface area contributed by atoms with Crippen LogP contribution in [0.15, 0.2) is 18.2 Å². The molecule has 2 aliphatic heterocycles. The zero-order valence-corrected chi connectivity index (χ0v) is 17.6. The molecule has 3 rings (SSSR count). The van der Waals surface area contributed by atoms with Crippen LogP contribution in [-0.4, -0.2) is 54.1 Å². The highest BCUT2D eigenvalue weighted by molar-refractivity contribution is 6.00. The second kappa shape index (κ2) is 7.78. The number of carbonyl (C=O) groups is 3. The summed E-state index contributed by atoms with van der Waals surface area (Å²) in [6, 6.07) is 5.25. The van der Waals surface area contributed by atoms with Crippen molar-refractivity contribution in [2.75, 3.05) is 31.6 Å². The van der Waals surface area contributed by atoms with Crippen LogP contribution >= 0.6 is 0 Å². The first-order valence-electron chi connectivity index (χ1n) is 10.1. The fraction of sp³-hybridized carbons (Fsp3) is 0.591. The molecule has 1 aromatic carbocycles. The second-order valence-electron chi connectivity index (χ2n) is 9.23. The molecule has 1 aromatic rings. The number of likely N-dealkylation sites (tertiary alicyclic amines) is 1. The van der Waals surface area contributed by atoms with E-state index in [1.54, 1.807) is 30.0 Å². The second-order valence-corrected chi connectivity index (χ2v) is 9.23. The van der Waals surface area contributed by atoms with Crippen molar-refractivity contribution in [2.24, 2.45) is 16.7 Å². The van der Waals surface area contributed by atoms with E-state index in [2.05, 4.69) is 5.32 Å². The van der Waals surface area contributed by atoms with E-state index in [0.717, 1.165) is 0 Å². The van der Waals surface area contributed by atoms with Crippen molar-refractivity contribution in [2.45, 2.75) is 40.5 Å². The molecular weight excluding hydrogens is 372 g/mol. The van der Waals surface area contributed by atoms with Gasteiger partial charge in [-0.05, 0) is 37.5 Å². The smallest absolute Gasteiger partial charge is 0.308 e. The number of nitrogens with zero attached hydrogens (tertiary/aromatic N) is 1. The molecule has 2 heterocycles. The summed E-state index contributed by atoms with van der Waals surface area (Å²) in [4.78, 5) is 39.2. The van der Waals surface area contributed by atoms with Gasteiger partial charge in [-0.15, -0.1) is 0 Å². The van der Waals surface area contributed by atoms with E-state index in [0.29, 0.717) is 49.4 Å². The number of carboxylic acid groups (broad SMARTS) is 1. The Labute approximate surface area is 171 Å². The van der Waals surface area contributed by atoms with E-state index in [4.69, 9.17) is 4.74 Å². The molecule has 0 aliphatic carbocycles. The molecule has 158 valence electrons. The average molecular weight is 402 g/mol. The van der Waals surface area contributed by atoms with Gasteiger partial charge in [-0.25, -0.2) is 0 Å². The summed E-state index contributed by atoms with van der Waals surface area (Å²) in [7, 11) is 0. The quantitative estimate of drug-likeness (QED) is 0.810. The minimum absolute atomic E-state index is 0.126. The molecule has 2 N–H and O–H groups in total. The lowest BCUT2D eigenvalue weighted by Crippen LogP contribution is -2.40. The first kappa shape index (κ1) is 21.3. The van der Waals surface area contributed by atoms with Crippen molar-refractivity contribution in [1.29, 1.82) is 0 Å². The number of carboxylic acids is 1. The van der Waals surface area contributed by atoms with Gasteiger partial charge in [0.05, 0.1) is 5.92 Å². The number of amides is 2. The van der Waals surface area contributed by atoms with Crippen LogP contribution in [0, 0.1) is 23.7 Å². The molecule has 29 heavy (non-hydrogen) atoms. The van der Waals surface area contributed by atoms with Gasteiger partial charge >= 0.3 is 5.97 Å². The van der Waals surface area contributed by atoms with E-state index in [1.807, 2.05) is 20.8 Å². The zero-order chi connectivity index (χ0) is 21.4. The fourth-order valence-electron chi connectivity index (χ4n) is 4.23. The zero-order valence-electron chi connectivity index (χ0n) is 17.6. The minimum Gasteiger partial charge on any atom is -0.481 e. The van der Waals surface area contributed by atoms with Gasteiger partial charge in [0, 0.05) is 48.4 Å². The van der Waals surface area contributed by atoms with Gasteiger partial charge < -0.3 is 20.1 Å². The van der Waals surface area contributed by atoms with Gasteiger partial charge in [-0.3, -0.25) is 14.4 Å². The molecule has 2 fully saturated rings. The highest BCUT2D eigenvalue weighted by Gasteiger charge is 2.52. The van der Waals surface area contributed by atoms with E-state index in [1.165, 1.54) is 0 Å². The van der Waals surface area contributed by atoms with Crippen LogP contribution < -0.4 is 5.32 Å². The van der Waals surface area contributed by atoms with Crippen molar-refractivity contribution in [3.8, 4) is 0 Å². The molecule has 7 heteroatoms. The predicted molar refractivity (Wildman–Crippen MR) is 109 cm³/mol. The van der Waals surface area contributed by atoms with Gasteiger partial charge in [0.1, 0.15) is 0 Å². The molecule has 0 saturated carbocycles. The molecule has 0 aromatic heterocycles. The van der Waals surface area contributed by atoms with Crippen molar-refractivity contribution < 1.29 is 24.2 Å². The lowest BCUT2D eigenvalue weighted by molar-refractivity contribution is -0.147. The highest BCUT2D eigenvalue weighted by atomic mass is 16.5. The predicted octanol–water partition coefficient (Wildman–Crippen LogP) is 2.93. The summed E-state index contributed by atoms with van der Waals surface area (Å²) >= 11 is 0. The summed E-state index contributed by atoms with van der Waals surface area (Å²) in [5.74, 6) is -1.76. The van der Waals surface area contributed by atoms with E-state index >= 15 is 0 Å². The van der Waals surface area contributed by atoms with Gasteiger partial charge in [-0.1, -0.05) is 26.8 Å². The number of hydrogen-bond acceptors (Lipinski definition) is 4. The van der Waals surface area contributed by atoms with Gasteiger partial charge in [-0.2, -0.15) is 0 Å². The number of aliphatic carboxylic acids is 1. The molecule has 2 amide bonds. The third-order valence-corrected chi connectivity index (χ3v) is 6.22. The third kappa shape index (κ3) is 4.15. The summed E-state index contributed by atoms with van der Waals surface area (Å²) in [5, 5.41) is 12.6. The van der Waals surface area contributed by atoms with Crippen LogP contribution in [0.5, 0.6) is 0 Å². The third-order valence-electron chi connectivity index (χ3n) is 6.22. The summed E-state index contributed by atoms with van der Waals surface area (Å²) in [5.41, 5.74) is 0.808. The molecule has 1 spiro atoms. The van der Waals surface area contributed by atoms with Crippen LogP contribution in [0.2, 0.25) is 0 Å². The summed E-state index contributed by atoms with van der Waals surface area (Å²) in [6.45, 7) is 8.97. The maximum Gasteiger partial charge on any atom is 0.308 e. The van der Waals surface area contributed by atoms with Crippen molar-refractivity contribution >= 4 is 23.5 Å². The highest BCUT2D eigenvalue weighted by Crippen LogP contribution is 2.45. The SMILES string of the molecule is Cc1c(NC(=O)C(C)(C)C)cccc1C(=O)N1CC(C(=O)O)C2(CCOCC2)C1. The first-order chi connectivity index (χ1) is 13.5. The standard InChI is InChI=1S/C22H30N2O5/c1-14-15(6-5-7-17(14)23-20(28)21(2,3)4)18(25)24-12-16(19(26)27)22(13-24)8-10-29-11-9-22/h5-7,16H,8-13H2,1-4H3,(H,23,28)(H,26,27). The number of carbonyl (C=O) groups excluding carboxylic acids is 2. The Morgan fingerprint density at radius 3 is 2.45 bits per heavy atom. The molecule has 7 nitrogen and oxygen atoms in total. The van der Waals surface area contributed by atoms with Crippen molar-refractivity contribution in [3.63, 3.8) is 0 Å². The average Bonchev–Trinajstić information content (AvgIpc) is 3.01. The molecule has 0 bridgehead atoms. The molecule has 2 saturated heterocycles. The number of hydrogen-bond donors (Lipinski definition) is 2. The van der Waals surface area contributed by atoms with Crippen LogP contribution in [0.1, 0.15) is 49.5 Å². The normalized spacial score (nSPS) is 21.2. The fourth-order valence-corrected chi connectivity index (χ4v) is 4.23. The van der Waals surface area contributed by atoms with Crippen LogP contribution in [0.3, 0.4) is 0 Å². The number of rotatable bonds is 3. The van der Waals surface area contributed by atoms with Crippen LogP contribution in [0.4, 0.5) is 5.69 Å². The monoisotopic (exact) mass is 402 g/mol. The van der Waals surface area contributed by atoms with E-state index < -0.39 is 22.7 Å². The topological polar surface area (TPSA) is 95.9 Å². The maximum absolute atomic E-state index is 13.3. The number of nitrogens with one attached hydrogen (secondary N) is 1. The number of ether oxygens (including phenoxy) is 1. The van der Waals surface area contributed by atoms with Gasteiger partial charge in [0.25, 0.3) is 5.91 Å². The maximum atomic E-state index is 13.3. The summed E-state index contributed by atoms with van der Waals surface area (Å²) in [6.07, 6.45) is 1.29. The van der Waals surface area contributed by atoms with Crippen LogP contribution in [-0.2, 0) is 14.3 Å². The Morgan fingerprint density at radius 2 is 1.86 bits per heavy atom. The van der Waals surface area contributed by atoms with Gasteiger partial charge in [0.15, 0.2) is 0 Å². The molecule has 0 radical (unpaired) electrons. The van der Waals surface area contributed by atoms with Crippen molar-refractivity contribution in [3.05, 3.63) is 29.3 Å². The molecule has 1 atom stereocenters. The number of anilines is 1. The van der Waals surface area contributed by atoms with Crippen molar-refractivity contribution in [1.82, 2.24) is 4.90 Å². The lowest BCUT2D eigenvalue weighted by Gasteiger charge is -2.36. The molecule has 1 unspecified atom stereocenters.